The number of nitrogens with one attached hydrogen (secondary N) is 1. The molecule has 31 heavy (non-hydrogen) atoms. The van der Waals surface area contributed by atoms with Crippen molar-refractivity contribution in [2.45, 2.75) is 11.4 Å². The number of nitrogens with two attached hydrogens (primary N) is 1. The fraction of sp³-hybridized carbons (Fsp3) is 0.0435. The molecule has 0 saturated heterocycles. The lowest BCUT2D eigenvalue weighted by Crippen LogP contribution is -2.23. The van der Waals surface area contributed by atoms with Crippen LogP contribution in [0, 0.1) is 0 Å². The number of hydrogen-bond donors (Lipinski definition) is 2. The molecule has 6 nitrogen and oxygen atoms in total. The molecule has 0 atom stereocenters. The van der Waals surface area contributed by atoms with Gasteiger partial charge in [0.05, 0.1) is 21.7 Å². The zero-order chi connectivity index (χ0) is 22.0. The van der Waals surface area contributed by atoms with Crippen LogP contribution < -0.4 is 10.5 Å². The molecule has 1 amide bonds. The number of sulfonamides is 1. The van der Waals surface area contributed by atoms with Crippen LogP contribution >= 0.6 is 11.6 Å². The van der Waals surface area contributed by atoms with Crippen molar-refractivity contribution in [2.24, 2.45) is 5.14 Å². The van der Waals surface area contributed by atoms with Gasteiger partial charge in [0.2, 0.25) is 10.0 Å². The molecular weight excluding hydrogens is 434 g/mol. The number of amides is 1. The van der Waals surface area contributed by atoms with Crippen LogP contribution in [0.2, 0.25) is 5.02 Å². The summed E-state index contributed by atoms with van der Waals surface area (Å²) in [6.07, 6.45) is 0. The van der Waals surface area contributed by atoms with E-state index < -0.39 is 10.0 Å². The molecule has 4 rings (SSSR count). The lowest BCUT2D eigenvalue weighted by Gasteiger charge is -2.11. The summed E-state index contributed by atoms with van der Waals surface area (Å²) < 4.78 is 22.8. The minimum atomic E-state index is -3.76. The molecule has 0 spiro atoms. The summed E-state index contributed by atoms with van der Waals surface area (Å²) in [6.45, 7) is 0.229. The minimum absolute atomic E-state index is 0.0221. The number of para-hydroxylation sites is 1. The van der Waals surface area contributed by atoms with Crippen molar-refractivity contribution in [3.63, 3.8) is 0 Å². The number of nitrogens with zero attached hydrogens (tertiary/aromatic N) is 1. The molecule has 4 aromatic rings. The number of carbonyl (C=O) groups excluding carboxylic acids is 1. The van der Waals surface area contributed by atoms with E-state index in [1.54, 1.807) is 30.3 Å². The third kappa shape index (κ3) is 4.74. The second-order valence-electron chi connectivity index (χ2n) is 6.95. The molecule has 0 bridgehead atoms. The van der Waals surface area contributed by atoms with E-state index in [9.17, 15) is 13.2 Å². The van der Waals surface area contributed by atoms with E-state index in [0.717, 1.165) is 16.5 Å². The van der Waals surface area contributed by atoms with Crippen LogP contribution in [0.1, 0.15) is 15.9 Å². The van der Waals surface area contributed by atoms with Gasteiger partial charge in [0.25, 0.3) is 5.91 Å². The summed E-state index contributed by atoms with van der Waals surface area (Å²) in [5, 5.41) is 9.32. The van der Waals surface area contributed by atoms with Gasteiger partial charge in [-0.2, -0.15) is 0 Å². The molecule has 3 N–H and O–H groups in total. The average Bonchev–Trinajstić information content (AvgIpc) is 2.76. The van der Waals surface area contributed by atoms with Gasteiger partial charge in [-0.05, 0) is 42.0 Å². The van der Waals surface area contributed by atoms with Crippen LogP contribution in [0.15, 0.2) is 83.8 Å². The Balaban J connectivity index is 1.64. The maximum Gasteiger partial charge on any atom is 0.252 e. The SMILES string of the molecule is NS(=O)(=O)c1ccc(CNC(=O)c2cc(-c3cccc(Cl)c3)nc3ccccc23)cc1. The van der Waals surface area contributed by atoms with E-state index >= 15 is 0 Å². The van der Waals surface area contributed by atoms with Crippen molar-refractivity contribution in [1.29, 1.82) is 0 Å². The third-order valence-electron chi connectivity index (χ3n) is 4.79. The van der Waals surface area contributed by atoms with E-state index in [1.165, 1.54) is 12.1 Å². The molecule has 0 unspecified atom stereocenters. The van der Waals surface area contributed by atoms with Gasteiger partial charge < -0.3 is 5.32 Å². The Hall–Kier alpha value is -3.26. The summed E-state index contributed by atoms with van der Waals surface area (Å²) in [7, 11) is -3.76. The molecule has 0 aliphatic rings. The van der Waals surface area contributed by atoms with Crippen molar-refractivity contribution in [2.75, 3.05) is 0 Å². The number of rotatable bonds is 5. The predicted molar refractivity (Wildman–Crippen MR) is 121 cm³/mol. The van der Waals surface area contributed by atoms with Crippen LogP contribution in [0.3, 0.4) is 0 Å². The summed E-state index contributed by atoms with van der Waals surface area (Å²) >= 11 is 6.12. The number of fused-ring (bicyclic) bond motifs is 1. The zero-order valence-corrected chi connectivity index (χ0v) is 17.8. The van der Waals surface area contributed by atoms with Crippen LogP contribution in [0.5, 0.6) is 0 Å². The molecule has 8 heteroatoms. The molecule has 0 fully saturated rings. The fourth-order valence-corrected chi connectivity index (χ4v) is 3.94. The molecule has 156 valence electrons. The van der Waals surface area contributed by atoms with Gasteiger partial charge in [0.1, 0.15) is 0 Å². The van der Waals surface area contributed by atoms with Gasteiger partial charge in [-0.15, -0.1) is 0 Å². The van der Waals surface area contributed by atoms with Gasteiger partial charge in [0, 0.05) is 22.5 Å². The summed E-state index contributed by atoms with van der Waals surface area (Å²) in [5.41, 5.74) is 3.38. The Morgan fingerprint density at radius 1 is 0.968 bits per heavy atom. The summed E-state index contributed by atoms with van der Waals surface area (Å²) in [6, 6.07) is 22.5. The van der Waals surface area contributed by atoms with Crippen LogP contribution in [-0.2, 0) is 16.6 Å². The van der Waals surface area contributed by atoms with E-state index in [0.29, 0.717) is 21.8 Å². The number of pyridine rings is 1. The number of primary sulfonamides is 1. The highest BCUT2D eigenvalue weighted by Crippen LogP contribution is 2.26. The Kier molecular flexibility index (Phi) is 5.73. The van der Waals surface area contributed by atoms with Crippen molar-refractivity contribution in [3.8, 4) is 11.3 Å². The number of aromatic nitrogens is 1. The third-order valence-corrected chi connectivity index (χ3v) is 5.95. The maximum absolute atomic E-state index is 13.0. The second kappa shape index (κ2) is 8.47. The first-order chi connectivity index (χ1) is 14.8. The predicted octanol–water partition coefficient (Wildman–Crippen LogP) is 4.13. The standard InChI is InChI=1S/C23H18ClN3O3S/c24-17-5-3-4-16(12-17)22-13-20(19-6-1-2-7-21(19)27-22)23(28)26-14-15-8-10-18(11-9-15)31(25,29)30/h1-13H,14H2,(H,26,28)(H2,25,29,30). The molecule has 3 aromatic carbocycles. The highest BCUT2D eigenvalue weighted by atomic mass is 35.5. The molecule has 0 saturated carbocycles. The van der Waals surface area contributed by atoms with E-state index in [2.05, 4.69) is 10.3 Å². The minimum Gasteiger partial charge on any atom is -0.348 e. The first-order valence-corrected chi connectivity index (χ1v) is 11.3. The Bertz CT molecular complexity index is 1390. The van der Waals surface area contributed by atoms with Gasteiger partial charge in [-0.25, -0.2) is 18.5 Å². The number of halogens is 1. The smallest absolute Gasteiger partial charge is 0.252 e. The second-order valence-corrected chi connectivity index (χ2v) is 8.95. The van der Waals surface area contributed by atoms with Gasteiger partial charge >= 0.3 is 0 Å². The number of hydrogen-bond acceptors (Lipinski definition) is 4. The molecule has 1 aromatic heterocycles. The number of benzene rings is 3. The van der Waals surface area contributed by atoms with Crippen molar-refractivity contribution in [1.82, 2.24) is 10.3 Å². The van der Waals surface area contributed by atoms with Crippen molar-refractivity contribution >= 4 is 38.4 Å². The monoisotopic (exact) mass is 451 g/mol. The van der Waals surface area contributed by atoms with Crippen LogP contribution in [-0.4, -0.2) is 19.3 Å². The van der Waals surface area contributed by atoms with Crippen LogP contribution in [0.4, 0.5) is 0 Å². The van der Waals surface area contributed by atoms with Gasteiger partial charge in [-0.1, -0.05) is 54.1 Å². The lowest BCUT2D eigenvalue weighted by atomic mass is 10.0. The van der Waals surface area contributed by atoms with Gasteiger partial charge in [-0.3, -0.25) is 4.79 Å². The highest BCUT2D eigenvalue weighted by Gasteiger charge is 2.14. The summed E-state index contributed by atoms with van der Waals surface area (Å²) in [4.78, 5) is 17.7. The van der Waals surface area contributed by atoms with E-state index in [1.807, 2.05) is 36.4 Å². The molecule has 0 aliphatic heterocycles. The largest absolute Gasteiger partial charge is 0.348 e. The molecule has 1 heterocycles. The van der Waals surface area contributed by atoms with E-state index in [-0.39, 0.29) is 17.3 Å². The maximum atomic E-state index is 13.0. The topological polar surface area (TPSA) is 102 Å². The quantitative estimate of drug-likeness (QED) is 0.476. The normalized spacial score (nSPS) is 11.4. The van der Waals surface area contributed by atoms with E-state index in [4.69, 9.17) is 16.7 Å². The van der Waals surface area contributed by atoms with Crippen molar-refractivity contribution in [3.05, 3.63) is 95.0 Å². The first-order valence-electron chi connectivity index (χ1n) is 9.37. The summed E-state index contributed by atoms with van der Waals surface area (Å²) in [5.74, 6) is -0.266. The zero-order valence-electron chi connectivity index (χ0n) is 16.2. The van der Waals surface area contributed by atoms with Gasteiger partial charge in [0.15, 0.2) is 0 Å². The van der Waals surface area contributed by atoms with Crippen molar-refractivity contribution < 1.29 is 13.2 Å². The molecule has 0 radical (unpaired) electrons. The Morgan fingerprint density at radius 3 is 2.42 bits per heavy atom. The first kappa shape index (κ1) is 21.0. The Morgan fingerprint density at radius 2 is 1.71 bits per heavy atom. The average molecular weight is 452 g/mol. The molecule has 0 aliphatic carbocycles. The fourth-order valence-electron chi connectivity index (χ4n) is 3.23. The number of carbonyl (C=O) groups is 1. The highest BCUT2D eigenvalue weighted by molar-refractivity contribution is 7.89. The molecular formula is C23H18ClN3O3S. The van der Waals surface area contributed by atoms with Crippen LogP contribution in [0.25, 0.3) is 22.2 Å². The lowest BCUT2D eigenvalue weighted by molar-refractivity contribution is 0.0952. The Labute approximate surface area is 184 Å².